The first-order chi connectivity index (χ1) is 15.9. The van der Waals surface area contributed by atoms with Crippen LogP contribution in [0.25, 0.3) is 11.1 Å². The standard InChI is InChI=1S/C26H23NO6/c1-16(28)33-18-12-10-17(11-13-18)14-24(25(29)30)27-26(31)32-15-23-21-8-4-2-6-19(21)20-7-3-5-9-22(20)23/h2-13,23-24H,14-15H2,1H3,(H,27,31)(H,29,30). The van der Waals surface area contributed by atoms with Crippen LogP contribution in [-0.4, -0.2) is 35.8 Å². The molecule has 3 aromatic rings. The summed E-state index contributed by atoms with van der Waals surface area (Å²) in [4.78, 5) is 35.2. The summed E-state index contributed by atoms with van der Waals surface area (Å²) in [5.74, 6) is -1.36. The van der Waals surface area contributed by atoms with E-state index >= 15 is 0 Å². The van der Waals surface area contributed by atoms with E-state index in [-0.39, 0.29) is 18.9 Å². The van der Waals surface area contributed by atoms with Crippen LogP contribution in [0.1, 0.15) is 29.5 Å². The van der Waals surface area contributed by atoms with Gasteiger partial charge in [-0.2, -0.15) is 0 Å². The molecule has 0 aliphatic heterocycles. The van der Waals surface area contributed by atoms with E-state index in [0.717, 1.165) is 22.3 Å². The number of alkyl carbamates (subject to hydrolysis) is 1. The van der Waals surface area contributed by atoms with E-state index in [2.05, 4.69) is 5.32 Å². The van der Waals surface area contributed by atoms with Gasteiger partial charge in [0.05, 0.1) is 0 Å². The van der Waals surface area contributed by atoms with Crippen LogP contribution in [0.15, 0.2) is 72.8 Å². The molecule has 0 radical (unpaired) electrons. The lowest BCUT2D eigenvalue weighted by Crippen LogP contribution is -2.42. The summed E-state index contributed by atoms with van der Waals surface area (Å²) < 4.78 is 10.4. The number of carboxylic acid groups (broad SMARTS) is 1. The molecule has 0 bridgehead atoms. The molecule has 1 atom stereocenters. The van der Waals surface area contributed by atoms with Gasteiger partial charge in [0.2, 0.25) is 0 Å². The Balaban J connectivity index is 1.39. The molecule has 7 nitrogen and oxygen atoms in total. The Morgan fingerprint density at radius 3 is 2.03 bits per heavy atom. The van der Waals surface area contributed by atoms with E-state index in [1.54, 1.807) is 24.3 Å². The molecule has 7 heteroatoms. The van der Waals surface area contributed by atoms with Crippen molar-refractivity contribution in [2.75, 3.05) is 6.61 Å². The molecule has 1 unspecified atom stereocenters. The van der Waals surface area contributed by atoms with Gasteiger partial charge in [0.25, 0.3) is 0 Å². The molecular formula is C26H23NO6. The second-order valence-electron chi connectivity index (χ2n) is 7.80. The number of fused-ring (bicyclic) bond motifs is 3. The first-order valence-electron chi connectivity index (χ1n) is 10.5. The third-order valence-electron chi connectivity index (χ3n) is 5.56. The van der Waals surface area contributed by atoms with Crippen molar-refractivity contribution in [1.29, 1.82) is 0 Å². The lowest BCUT2D eigenvalue weighted by Gasteiger charge is -2.17. The number of esters is 1. The fraction of sp³-hybridized carbons (Fsp3) is 0.192. The van der Waals surface area contributed by atoms with Crippen molar-refractivity contribution in [2.45, 2.75) is 25.3 Å². The average molecular weight is 445 g/mol. The lowest BCUT2D eigenvalue weighted by atomic mass is 9.98. The summed E-state index contributed by atoms with van der Waals surface area (Å²) in [5, 5.41) is 12.0. The highest BCUT2D eigenvalue weighted by molar-refractivity contribution is 5.81. The van der Waals surface area contributed by atoms with E-state index in [9.17, 15) is 19.5 Å². The number of carbonyl (C=O) groups is 3. The molecule has 2 N–H and O–H groups in total. The second-order valence-corrected chi connectivity index (χ2v) is 7.80. The van der Waals surface area contributed by atoms with Crippen molar-refractivity contribution in [3.8, 4) is 16.9 Å². The molecule has 168 valence electrons. The lowest BCUT2D eigenvalue weighted by molar-refractivity contribution is -0.139. The van der Waals surface area contributed by atoms with Crippen LogP contribution in [0.5, 0.6) is 5.75 Å². The fourth-order valence-electron chi connectivity index (χ4n) is 4.08. The number of benzene rings is 3. The highest BCUT2D eigenvalue weighted by Gasteiger charge is 2.29. The minimum atomic E-state index is -1.17. The van der Waals surface area contributed by atoms with Crippen molar-refractivity contribution in [3.63, 3.8) is 0 Å². The van der Waals surface area contributed by atoms with Crippen molar-refractivity contribution in [1.82, 2.24) is 5.32 Å². The van der Waals surface area contributed by atoms with Crippen LogP contribution < -0.4 is 10.1 Å². The maximum absolute atomic E-state index is 12.5. The minimum Gasteiger partial charge on any atom is -0.480 e. The Labute approximate surface area is 191 Å². The molecule has 0 fully saturated rings. The van der Waals surface area contributed by atoms with Crippen LogP contribution in [0.4, 0.5) is 4.79 Å². The Bertz CT molecular complexity index is 1140. The summed E-state index contributed by atoms with van der Waals surface area (Å²) in [6.07, 6.45) is -0.735. The Morgan fingerprint density at radius 2 is 1.48 bits per heavy atom. The molecule has 0 saturated carbocycles. The van der Waals surface area contributed by atoms with Gasteiger partial charge in [-0.3, -0.25) is 4.79 Å². The zero-order valence-electron chi connectivity index (χ0n) is 18.0. The van der Waals surface area contributed by atoms with Gasteiger partial charge in [-0.1, -0.05) is 60.7 Å². The number of hydrogen-bond acceptors (Lipinski definition) is 5. The van der Waals surface area contributed by atoms with Crippen LogP contribution in [0.3, 0.4) is 0 Å². The first-order valence-corrected chi connectivity index (χ1v) is 10.5. The van der Waals surface area contributed by atoms with Crippen LogP contribution in [-0.2, 0) is 20.7 Å². The van der Waals surface area contributed by atoms with Crippen LogP contribution in [0, 0.1) is 0 Å². The largest absolute Gasteiger partial charge is 0.480 e. The predicted octanol–water partition coefficient (Wildman–Crippen LogP) is 4.15. The SMILES string of the molecule is CC(=O)Oc1ccc(CC(NC(=O)OCC2c3ccccc3-c3ccccc32)C(=O)O)cc1. The average Bonchev–Trinajstić information content (AvgIpc) is 3.12. The molecule has 1 aliphatic rings. The van der Waals surface area contributed by atoms with Gasteiger partial charge >= 0.3 is 18.0 Å². The Kier molecular flexibility index (Phi) is 6.40. The molecule has 0 saturated heterocycles. The van der Waals surface area contributed by atoms with Gasteiger partial charge in [-0.25, -0.2) is 9.59 Å². The minimum absolute atomic E-state index is 0.0554. The number of carboxylic acids is 1. The summed E-state index contributed by atoms with van der Waals surface area (Å²) in [6.45, 7) is 1.40. The van der Waals surface area contributed by atoms with Crippen LogP contribution >= 0.6 is 0 Å². The predicted molar refractivity (Wildman–Crippen MR) is 121 cm³/mol. The van der Waals surface area contributed by atoms with E-state index < -0.39 is 24.1 Å². The molecule has 1 aliphatic carbocycles. The number of ether oxygens (including phenoxy) is 2. The third-order valence-corrected chi connectivity index (χ3v) is 5.56. The van der Waals surface area contributed by atoms with Crippen molar-refractivity contribution in [3.05, 3.63) is 89.5 Å². The number of aliphatic carboxylic acids is 1. The van der Waals surface area contributed by atoms with Gasteiger partial charge in [0, 0.05) is 19.3 Å². The number of carbonyl (C=O) groups excluding carboxylic acids is 2. The maximum Gasteiger partial charge on any atom is 0.407 e. The van der Waals surface area contributed by atoms with Gasteiger partial charge in [-0.15, -0.1) is 0 Å². The van der Waals surface area contributed by atoms with E-state index in [0.29, 0.717) is 11.3 Å². The molecule has 0 heterocycles. The topological polar surface area (TPSA) is 102 Å². The quantitative estimate of drug-likeness (QED) is 0.419. The maximum atomic E-state index is 12.5. The van der Waals surface area contributed by atoms with E-state index in [1.807, 2.05) is 48.5 Å². The number of amides is 1. The summed E-state index contributed by atoms with van der Waals surface area (Å²) in [7, 11) is 0. The molecular weight excluding hydrogens is 422 g/mol. The molecule has 33 heavy (non-hydrogen) atoms. The smallest absolute Gasteiger partial charge is 0.407 e. The highest BCUT2D eigenvalue weighted by atomic mass is 16.5. The second kappa shape index (κ2) is 9.56. The zero-order valence-corrected chi connectivity index (χ0v) is 18.0. The summed E-state index contributed by atoms with van der Waals surface area (Å²) in [5.41, 5.74) is 5.05. The highest BCUT2D eigenvalue weighted by Crippen LogP contribution is 2.44. The first kappa shape index (κ1) is 22.1. The molecule has 1 amide bonds. The number of rotatable bonds is 7. The van der Waals surface area contributed by atoms with Crippen molar-refractivity contribution < 1.29 is 29.0 Å². The fourth-order valence-corrected chi connectivity index (χ4v) is 4.08. The van der Waals surface area contributed by atoms with Gasteiger partial charge < -0.3 is 19.9 Å². The number of hydrogen-bond donors (Lipinski definition) is 2. The zero-order chi connectivity index (χ0) is 23.4. The normalized spacial score (nSPS) is 12.9. The molecule has 0 spiro atoms. The van der Waals surface area contributed by atoms with E-state index in [1.165, 1.54) is 6.92 Å². The summed E-state index contributed by atoms with van der Waals surface area (Å²) >= 11 is 0. The van der Waals surface area contributed by atoms with Gasteiger partial charge in [-0.05, 0) is 39.9 Å². The molecule has 0 aromatic heterocycles. The Hall–Kier alpha value is -4.13. The molecule has 4 rings (SSSR count). The third kappa shape index (κ3) is 5.03. The monoisotopic (exact) mass is 445 g/mol. The van der Waals surface area contributed by atoms with Crippen LogP contribution in [0.2, 0.25) is 0 Å². The van der Waals surface area contributed by atoms with Crippen molar-refractivity contribution >= 4 is 18.0 Å². The summed E-state index contributed by atoms with van der Waals surface area (Å²) in [6, 6.07) is 21.2. The van der Waals surface area contributed by atoms with Gasteiger partial charge in [0.1, 0.15) is 18.4 Å². The van der Waals surface area contributed by atoms with Crippen molar-refractivity contribution in [2.24, 2.45) is 0 Å². The van der Waals surface area contributed by atoms with Gasteiger partial charge in [0.15, 0.2) is 0 Å². The molecule has 3 aromatic carbocycles. The number of nitrogens with one attached hydrogen (secondary N) is 1. The van der Waals surface area contributed by atoms with E-state index in [4.69, 9.17) is 9.47 Å². The Morgan fingerprint density at radius 1 is 0.909 bits per heavy atom.